The van der Waals surface area contributed by atoms with E-state index in [0.29, 0.717) is 58.2 Å². The fraction of sp³-hybridized carbons (Fsp3) is 0.800. The highest BCUT2D eigenvalue weighted by atomic mass is 32.1. The lowest BCUT2D eigenvalue weighted by molar-refractivity contribution is -0.138. The monoisotopic (exact) mass is 587 g/mol. The summed E-state index contributed by atoms with van der Waals surface area (Å²) in [4.78, 5) is 53.2. The summed E-state index contributed by atoms with van der Waals surface area (Å²) in [6, 6.07) is 0. The maximum absolute atomic E-state index is 11.7. The van der Waals surface area contributed by atoms with Crippen molar-refractivity contribution in [3.63, 3.8) is 0 Å². The summed E-state index contributed by atoms with van der Waals surface area (Å²) >= 11 is 8.34. The second-order valence-corrected chi connectivity index (χ2v) is 9.83. The molecule has 8 N–H and O–H groups in total. The molecule has 13 heteroatoms. The van der Waals surface area contributed by atoms with Crippen molar-refractivity contribution in [2.24, 2.45) is 11.5 Å². The molecule has 0 radical (unpaired) electrons. The molecule has 0 fully saturated rings. The first-order valence-corrected chi connectivity index (χ1v) is 13.6. The fourth-order valence-electron chi connectivity index (χ4n) is 2.71. The first-order valence-electron chi connectivity index (χ1n) is 12.6. The van der Waals surface area contributed by atoms with Gasteiger partial charge in [0.2, 0.25) is 11.8 Å². The summed E-state index contributed by atoms with van der Waals surface area (Å²) in [5.74, 6) is -1.37. The van der Waals surface area contributed by atoms with Crippen molar-refractivity contribution in [1.82, 2.24) is 10.6 Å². The van der Waals surface area contributed by atoms with Crippen molar-refractivity contribution >= 4 is 54.8 Å². The Hall–Kier alpha value is -1.83. The number of hydrogen-bond donors (Lipinski definition) is 8. The fourth-order valence-corrected chi connectivity index (χ4v) is 3.35. The minimum atomic E-state index is -0.816. The van der Waals surface area contributed by atoms with E-state index in [0.717, 1.165) is 25.7 Å². The molecule has 228 valence electrons. The molecule has 0 rings (SSSR count). The number of rotatable bonds is 19. The van der Waals surface area contributed by atoms with E-state index in [1.54, 1.807) is 7.05 Å². The van der Waals surface area contributed by atoms with Crippen LogP contribution in [0.15, 0.2) is 0 Å². The van der Waals surface area contributed by atoms with Crippen LogP contribution in [0.4, 0.5) is 0 Å². The van der Waals surface area contributed by atoms with E-state index in [2.05, 4.69) is 35.9 Å². The zero-order valence-corrected chi connectivity index (χ0v) is 24.0. The lowest BCUT2D eigenvalue weighted by atomic mass is 10.1. The second kappa shape index (κ2) is 31.4. The van der Waals surface area contributed by atoms with Crippen molar-refractivity contribution < 1.29 is 35.6 Å². The van der Waals surface area contributed by atoms with E-state index < -0.39 is 11.9 Å². The Kier molecular flexibility index (Phi) is 35.7. The SMILES string of the molecule is C.CNC(=O)CCCCCC(=O)CC(S)CCNC(C)=O.NCCC(S)CC(=O)O.NCCCCC(=O)O.[2HH]. The Morgan fingerprint density at radius 2 is 1.34 bits per heavy atom. The minimum absolute atomic E-state index is 0. The highest BCUT2D eigenvalue weighted by molar-refractivity contribution is 7.81. The molecule has 0 bridgehead atoms. The van der Waals surface area contributed by atoms with Gasteiger partial charge in [-0.25, -0.2) is 0 Å². The van der Waals surface area contributed by atoms with E-state index in [4.69, 9.17) is 21.7 Å². The molecular weight excluding hydrogens is 532 g/mol. The van der Waals surface area contributed by atoms with Crippen LogP contribution in [0.3, 0.4) is 0 Å². The van der Waals surface area contributed by atoms with Crippen molar-refractivity contribution in [1.29, 1.82) is 0 Å². The number of carboxylic acid groups (broad SMARTS) is 2. The van der Waals surface area contributed by atoms with Gasteiger partial charge in [-0.05, 0) is 51.6 Å². The maximum atomic E-state index is 11.7. The number of carbonyl (C=O) groups is 5. The molecule has 11 nitrogen and oxygen atoms in total. The van der Waals surface area contributed by atoms with Gasteiger partial charge >= 0.3 is 11.9 Å². The number of amides is 2. The Bertz CT molecular complexity index is 648. The van der Waals surface area contributed by atoms with Crippen LogP contribution in [-0.2, 0) is 24.0 Å². The van der Waals surface area contributed by atoms with Gasteiger partial charge in [0.05, 0.1) is 6.42 Å². The van der Waals surface area contributed by atoms with Crippen molar-refractivity contribution in [2.45, 2.75) is 102 Å². The van der Waals surface area contributed by atoms with Crippen LogP contribution >= 0.6 is 25.3 Å². The third-order valence-electron chi connectivity index (χ3n) is 4.71. The number of carbonyl (C=O) groups excluding carboxylic acids is 3. The predicted molar refractivity (Wildman–Crippen MR) is 161 cm³/mol. The number of hydrogen-bond acceptors (Lipinski definition) is 9. The van der Waals surface area contributed by atoms with Gasteiger partial charge in [0.1, 0.15) is 5.78 Å². The average molecular weight is 588 g/mol. The van der Waals surface area contributed by atoms with Gasteiger partial charge in [-0.2, -0.15) is 25.3 Å². The largest absolute Gasteiger partial charge is 0.481 e. The number of nitrogens with one attached hydrogen (secondary N) is 2. The summed E-state index contributed by atoms with van der Waals surface area (Å²) in [6.07, 6.45) is 7.26. The summed E-state index contributed by atoms with van der Waals surface area (Å²) in [5.41, 5.74) is 10.3. The van der Waals surface area contributed by atoms with E-state index in [9.17, 15) is 24.0 Å². The van der Waals surface area contributed by atoms with E-state index in [-0.39, 0.29) is 49.8 Å². The molecule has 2 unspecified atom stereocenters. The van der Waals surface area contributed by atoms with Gasteiger partial charge in [-0.3, -0.25) is 24.0 Å². The number of unbranched alkanes of at least 4 members (excludes halogenated alkanes) is 3. The lowest BCUT2D eigenvalue weighted by Crippen LogP contribution is -2.24. The van der Waals surface area contributed by atoms with Gasteiger partial charge in [-0.1, -0.05) is 13.8 Å². The van der Waals surface area contributed by atoms with Crippen LogP contribution in [-0.4, -0.2) is 76.9 Å². The quantitative estimate of drug-likeness (QED) is 0.0825. The van der Waals surface area contributed by atoms with Gasteiger partial charge in [0.25, 0.3) is 0 Å². The van der Waals surface area contributed by atoms with Gasteiger partial charge in [0, 0.05) is 58.1 Å². The van der Waals surface area contributed by atoms with Crippen molar-refractivity contribution in [2.75, 3.05) is 26.7 Å². The molecular formula is C25H54N4O7S2. The van der Waals surface area contributed by atoms with Crippen LogP contribution in [0.5, 0.6) is 0 Å². The van der Waals surface area contributed by atoms with Crippen molar-refractivity contribution in [3.8, 4) is 0 Å². The van der Waals surface area contributed by atoms with E-state index in [1.807, 2.05) is 0 Å². The standard InChI is InChI=1S/C14H26N2O3S.C5H11NO2S.C5H11NO2.CH4.H2/c1-11(17)16-9-8-13(20)10-12(18)6-4-3-5-7-14(19)15-2;6-2-1-4(9)3-5(7)8;6-4-2-1-3-5(7)8;;/h13,20H,3-10H2,1-2H3,(H,15,19)(H,16,17);4,9H,1-3,6H2,(H,7,8);1-4,6H2,(H,7,8);1H4;1H/i;;;;1+1. The normalized spacial score (nSPS) is 11.2. The predicted octanol–water partition coefficient (Wildman–Crippen LogP) is 2.66. The third-order valence-corrected chi connectivity index (χ3v) is 5.59. The highest BCUT2D eigenvalue weighted by Crippen LogP contribution is 2.11. The topological polar surface area (TPSA) is 202 Å². The zero-order valence-electron chi connectivity index (χ0n) is 22.2. The van der Waals surface area contributed by atoms with Crippen molar-refractivity contribution in [3.05, 3.63) is 0 Å². The average Bonchev–Trinajstić information content (AvgIpc) is 2.78. The van der Waals surface area contributed by atoms with Gasteiger partial charge in [-0.15, -0.1) is 0 Å². The number of Topliss-reactive ketones (excluding diaryl/α,β-unsaturated/α-hetero) is 1. The molecule has 0 aromatic heterocycles. The maximum Gasteiger partial charge on any atom is 0.304 e. The number of nitrogens with two attached hydrogens (primary N) is 2. The summed E-state index contributed by atoms with van der Waals surface area (Å²) in [7, 11) is 1.62. The number of thiol groups is 2. The first-order chi connectivity index (χ1) is 17.4. The molecule has 2 amide bonds. The summed E-state index contributed by atoms with van der Waals surface area (Å²) in [5, 5.41) is 21.5. The Morgan fingerprint density at radius 3 is 1.82 bits per heavy atom. The molecule has 0 aliphatic rings. The number of ketones is 1. The molecule has 0 heterocycles. The number of carboxylic acids is 2. The van der Waals surface area contributed by atoms with Crippen LogP contribution < -0.4 is 22.1 Å². The second-order valence-electron chi connectivity index (χ2n) is 8.37. The van der Waals surface area contributed by atoms with Crippen LogP contribution in [0.2, 0.25) is 0 Å². The minimum Gasteiger partial charge on any atom is -0.481 e. The Morgan fingerprint density at radius 1 is 0.789 bits per heavy atom. The zero-order chi connectivity index (χ0) is 29.1. The van der Waals surface area contributed by atoms with Crippen LogP contribution in [0.25, 0.3) is 0 Å². The highest BCUT2D eigenvalue weighted by Gasteiger charge is 2.10. The van der Waals surface area contributed by atoms with E-state index in [1.165, 1.54) is 6.92 Å². The summed E-state index contributed by atoms with van der Waals surface area (Å²) in [6.45, 7) is 3.12. The van der Waals surface area contributed by atoms with Gasteiger partial charge in [0.15, 0.2) is 0 Å². The summed E-state index contributed by atoms with van der Waals surface area (Å²) < 4.78 is 0. The molecule has 0 saturated carbocycles. The van der Waals surface area contributed by atoms with E-state index >= 15 is 0 Å². The molecule has 0 aliphatic carbocycles. The molecule has 0 aromatic carbocycles. The molecule has 2 atom stereocenters. The molecule has 0 aliphatic heterocycles. The van der Waals surface area contributed by atoms with Crippen LogP contribution in [0, 0.1) is 0 Å². The lowest BCUT2D eigenvalue weighted by Gasteiger charge is -2.10. The molecule has 0 saturated heterocycles. The van der Waals surface area contributed by atoms with Crippen LogP contribution in [0.1, 0.15) is 92.8 Å². The Labute approximate surface area is 240 Å². The first kappa shape index (κ1) is 43.2. The van der Waals surface area contributed by atoms with Gasteiger partial charge < -0.3 is 32.3 Å². The molecule has 38 heavy (non-hydrogen) atoms. The Balaban J connectivity index is -0.000000169. The number of aliphatic carboxylic acids is 2. The smallest absolute Gasteiger partial charge is 0.304 e. The molecule has 0 aromatic rings. The molecule has 0 spiro atoms. The third kappa shape index (κ3) is 41.3.